The fraction of sp³-hybridized carbons (Fsp3) is 0.104. The van der Waals surface area contributed by atoms with Gasteiger partial charge in [-0.2, -0.15) is 0 Å². The number of aryl methyl sites for hydroxylation is 3. The molecule has 0 aliphatic heterocycles. The highest BCUT2D eigenvalue weighted by molar-refractivity contribution is 5.98. The van der Waals surface area contributed by atoms with Crippen LogP contribution < -0.4 is 0 Å². The first-order valence-electron chi connectivity index (χ1n) is 25.7. The molecule has 344 valence electrons. The van der Waals surface area contributed by atoms with Gasteiger partial charge in [0.15, 0.2) is 0 Å². The number of hydrogen-bond donors (Lipinski definition) is 1. The van der Waals surface area contributed by atoms with Crippen molar-refractivity contribution in [2.75, 3.05) is 0 Å². The number of nitrogens with zero attached hydrogens (tertiary/aromatic N) is 3. The second-order valence-corrected chi connectivity index (χ2v) is 19.5. The summed E-state index contributed by atoms with van der Waals surface area (Å²) in [5.74, 6) is 0.517. The van der Waals surface area contributed by atoms with E-state index in [1.807, 2.05) is 116 Å². The maximum atomic E-state index is 11.9. The number of phenolic OH excluding ortho intramolecular Hbond substituents is 1. The smallest absolute Gasteiger partial charge is 0.149 e. The second kappa shape index (κ2) is 18.4. The van der Waals surface area contributed by atoms with Gasteiger partial charge < -0.3 is 5.11 Å². The molecule has 0 aliphatic rings. The van der Waals surface area contributed by atoms with E-state index in [0.29, 0.717) is 33.7 Å². The standard InChI is InChI=1S/C67H55N3O/c1-43-36-45(3)65(71)58(37-43)66-69-64-57(25-17-27-62(64)70(66)61-33-32-52(38-44(61)2)63-56(50-22-14-9-15-23-50)24-16-26-59(63)67(4,5)6)54-39-53(47-20-12-8-13-21-47)40-55(41-54)60-42-51(34-35-68-60)49-30-28-48(29-31-49)46-18-10-7-11-19-46/h7-42,71H,1-6H3/i2D3. The van der Waals surface area contributed by atoms with E-state index in [1.165, 1.54) is 5.56 Å². The molecule has 1 N–H and O–H groups in total. The summed E-state index contributed by atoms with van der Waals surface area (Å²) >= 11 is 0. The van der Waals surface area contributed by atoms with Crippen LogP contribution in [0.1, 0.15) is 47.1 Å². The van der Waals surface area contributed by atoms with Crippen LogP contribution in [0.4, 0.5) is 0 Å². The van der Waals surface area contributed by atoms with E-state index in [9.17, 15) is 9.22 Å². The minimum absolute atomic E-state index is 0.0846. The third-order valence-electron chi connectivity index (χ3n) is 13.6. The molecule has 0 aliphatic carbocycles. The summed E-state index contributed by atoms with van der Waals surface area (Å²) in [6, 6.07) is 72.4. The van der Waals surface area contributed by atoms with Gasteiger partial charge in [-0.25, -0.2) is 4.98 Å². The van der Waals surface area contributed by atoms with Gasteiger partial charge in [0.25, 0.3) is 0 Å². The molecule has 9 aromatic carbocycles. The topological polar surface area (TPSA) is 50.9 Å². The first-order chi connectivity index (χ1) is 35.7. The minimum Gasteiger partial charge on any atom is -0.507 e. The van der Waals surface area contributed by atoms with E-state index in [2.05, 4.69) is 142 Å². The Labute approximate surface area is 421 Å². The fourth-order valence-electron chi connectivity index (χ4n) is 10.1. The molecule has 0 bridgehead atoms. The van der Waals surface area contributed by atoms with Crippen LogP contribution >= 0.6 is 0 Å². The van der Waals surface area contributed by atoms with E-state index in [-0.39, 0.29) is 16.7 Å². The number of hydrogen-bond acceptors (Lipinski definition) is 3. The van der Waals surface area contributed by atoms with Crippen LogP contribution in [-0.2, 0) is 5.41 Å². The maximum Gasteiger partial charge on any atom is 0.149 e. The number of aromatic nitrogens is 3. The molecular weight excluding hydrogens is 863 g/mol. The third-order valence-corrected chi connectivity index (χ3v) is 13.6. The summed E-state index contributed by atoms with van der Waals surface area (Å²) in [6.45, 7) is 7.90. The Bertz CT molecular complexity index is 3870. The van der Waals surface area contributed by atoms with Gasteiger partial charge in [0.2, 0.25) is 0 Å². The zero-order valence-corrected chi connectivity index (χ0v) is 40.6. The summed E-state index contributed by atoms with van der Waals surface area (Å²) in [6.07, 6.45) is 1.87. The van der Waals surface area contributed by atoms with Gasteiger partial charge in [-0.3, -0.25) is 9.55 Å². The molecule has 0 spiro atoms. The predicted molar refractivity (Wildman–Crippen MR) is 297 cm³/mol. The molecule has 0 saturated carbocycles. The van der Waals surface area contributed by atoms with Crippen LogP contribution in [0.2, 0.25) is 0 Å². The Hall–Kier alpha value is -8.60. The highest BCUT2D eigenvalue weighted by Crippen LogP contribution is 2.44. The highest BCUT2D eigenvalue weighted by Gasteiger charge is 2.25. The summed E-state index contributed by atoms with van der Waals surface area (Å²) in [5.41, 5.74) is 18.8. The van der Waals surface area contributed by atoms with E-state index in [0.717, 1.165) is 83.6 Å². The van der Waals surface area contributed by atoms with Crippen molar-refractivity contribution in [1.29, 1.82) is 0 Å². The van der Waals surface area contributed by atoms with Crippen molar-refractivity contribution in [3.63, 3.8) is 0 Å². The van der Waals surface area contributed by atoms with Crippen molar-refractivity contribution >= 4 is 11.0 Å². The number of pyridine rings is 1. The molecule has 0 atom stereocenters. The lowest BCUT2D eigenvalue weighted by molar-refractivity contribution is 0.472. The van der Waals surface area contributed by atoms with Gasteiger partial charge in [-0.05, 0) is 164 Å². The van der Waals surface area contributed by atoms with E-state index in [1.54, 1.807) is 0 Å². The molecule has 0 radical (unpaired) electrons. The van der Waals surface area contributed by atoms with Gasteiger partial charge in [-0.1, -0.05) is 178 Å². The molecule has 0 saturated heterocycles. The zero-order valence-electron chi connectivity index (χ0n) is 43.6. The molecule has 2 aromatic heterocycles. The average Bonchev–Trinajstić information content (AvgIpc) is 3.82. The number of benzene rings is 9. The molecular formula is C67H55N3O. The zero-order chi connectivity index (χ0) is 51.3. The van der Waals surface area contributed by atoms with Crippen molar-refractivity contribution in [3.8, 4) is 101 Å². The molecule has 4 nitrogen and oxygen atoms in total. The van der Waals surface area contributed by atoms with Gasteiger partial charge >= 0.3 is 0 Å². The molecule has 11 aromatic rings. The Balaban J connectivity index is 1.12. The second-order valence-electron chi connectivity index (χ2n) is 19.5. The summed E-state index contributed by atoms with van der Waals surface area (Å²) in [5, 5.41) is 11.9. The quantitative estimate of drug-likeness (QED) is 0.157. The first-order valence-corrected chi connectivity index (χ1v) is 24.2. The van der Waals surface area contributed by atoms with Crippen LogP contribution in [0, 0.1) is 20.7 Å². The summed E-state index contributed by atoms with van der Waals surface area (Å²) in [4.78, 5) is 10.4. The Morgan fingerprint density at radius 1 is 0.465 bits per heavy atom. The average molecular weight is 921 g/mol. The van der Waals surface area contributed by atoms with Crippen LogP contribution in [0.25, 0.3) is 106 Å². The molecule has 11 rings (SSSR count). The van der Waals surface area contributed by atoms with Crippen molar-refractivity contribution < 1.29 is 9.22 Å². The predicted octanol–water partition coefficient (Wildman–Crippen LogP) is 17.7. The maximum absolute atomic E-state index is 11.9. The molecule has 0 fully saturated rings. The number of phenols is 1. The summed E-state index contributed by atoms with van der Waals surface area (Å²) < 4.78 is 29.6. The molecule has 71 heavy (non-hydrogen) atoms. The van der Waals surface area contributed by atoms with E-state index >= 15 is 0 Å². The number of rotatable bonds is 9. The largest absolute Gasteiger partial charge is 0.507 e. The molecule has 2 heterocycles. The molecule has 4 heteroatoms. The summed E-state index contributed by atoms with van der Waals surface area (Å²) in [7, 11) is 0. The van der Waals surface area contributed by atoms with Crippen molar-refractivity contribution in [1.82, 2.24) is 14.5 Å². The van der Waals surface area contributed by atoms with Crippen molar-refractivity contribution in [2.45, 2.75) is 46.9 Å². The Morgan fingerprint density at radius 3 is 1.75 bits per heavy atom. The lowest BCUT2D eigenvalue weighted by atomic mass is 9.78. The number of para-hydroxylation sites is 1. The van der Waals surface area contributed by atoms with Crippen LogP contribution in [0.5, 0.6) is 5.75 Å². The monoisotopic (exact) mass is 920 g/mol. The van der Waals surface area contributed by atoms with Crippen LogP contribution in [0.3, 0.4) is 0 Å². The van der Waals surface area contributed by atoms with Crippen LogP contribution in [0.15, 0.2) is 219 Å². The first kappa shape index (κ1) is 41.4. The number of aromatic hydroxyl groups is 1. The van der Waals surface area contributed by atoms with E-state index < -0.39 is 6.85 Å². The molecule has 0 amide bonds. The van der Waals surface area contributed by atoms with Crippen molar-refractivity contribution in [3.05, 3.63) is 241 Å². The Kier molecular flexibility index (Phi) is 10.7. The van der Waals surface area contributed by atoms with Gasteiger partial charge in [0.05, 0.1) is 28.0 Å². The fourth-order valence-corrected chi connectivity index (χ4v) is 10.1. The number of fused-ring (bicyclic) bond motifs is 1. The molecule has 0 unspecified atom stereocenters. The SMILES string of the molecule is [2H]C([2H])([2H])c1cc(-c2c(-c3ccccc3)cccc2C(C)(C)C)ccc1-n1c(-c2cc(C)cc(C)c2O)nc2c(-c3cc(-c4ccccc4)cc(-c4cc(-c5ccc(-c6ccccc6)cc5)ccn4)c3)cccc21. The van der Waals surface area contributed by atoms with Gasteiger partial charge in [-0.15, -0.1) is 0 Å². The van der Waals surface area contributed by atoms with Gasteiger partial charge in [0.1, 0.15) is 11.6 Å². The highest BCUT2D eigenvalue weighted by atomic mass is 16.3. The van der Waals surface area contributed by atoms with Gasteiger partial charge in [0, 0.05) is 21.4 Å². The van der Waals surface area contributed by atoms with Crippen molar-refractivity contribution in [2.24, 2.45) is 0 Å². The lowest BCUT2D eigenvalue weighted by Gasteiger charge is -2.26. The normalized spacial score (nSPS) is 12.4. The Morgan fingerprint density at radius 2 is 1.06 bits per heavy atom. The van der Waals surface area contributed by atoms with E-state index in [4.69, 9.17) is 9.97 Å². The minimum atomic E-state index is -2.55. The lowest BCUT2D eigenvalue weighted by Crippen LogP contribution is -2.13. The van der Waals surface area contributed by atoms with Crippen LogP contribution in [-0.4, -0.2) is 19.6 Å². The number of imidazole rings is 1. The third kappa shape index (κ3) is 8.63.